The van der Waals surface area contributed by atoms with E-state index >= 15 is 0 Å². The van der Waals surface area contributed by atoms with Crippen molar-refractivity contribution in [3.8, 4) is 5.75 Å². The summed E-state index contributed by atoms with van der Waals surface area (Å²) in [5, 5.41) is 0.765. The summed E-state index contributed by atoms with van der Waals surface area (Å²) in [6.45, 7) is 0. The molecule has 0 fully saturated rings. The van der Waals surface area contributed by atoms with Gasteiger partial charge >= 0.3 is 0 Å². The molecular weight excluding hydrogens is 235 g/mol. The SMILES string of the molecule is COc1ccc(/C=C/CBr)cc1F. The largest absolute Gasteiger partial charge is 0.494 e. The zero-order chi connectivity index (χ0) is 9.68. The van der Waals surface area contributed by atoms with Gasteiger partial charge in [0.15, 0.2) is 11.6 Å². The van der Waals surface area contributed by atoms with Crippen LogP contribution in [-0.2, 0) is 0 Å². The highest BCUT2D eigenvalue weighted by atomic mass is 79.9. The Labute approximate surface area is 85.3 Å². The maximum atomic E-state index is 13.1. The molecule has 70 valence electrons. The topological polar surface area (TPSA) is 9.23 Å². The van der Waals surface area contributed by atoms with Gasteiger partial charge in [-0.2, -0.15) is 0 Å². The van der Waals surface area contributed by atoms with Crippen molar-refractivity contribution >= 4 is 22.0 Å². The molecule has 0 radical (unpaired) electrons. The molecule has 13 heavy (non-hydrogen) atoms. The average Bonchev–Trinajstić information content (AvgIpc) is 2.15. The van der Waals surface area contributed by atoms with E-state index in [2.05, 4.69) is 15.9 Å². The number of benzene rings is 1. The molecule has 3 heteroatoms. The molecule has 0 saturated heterocycles. The van der Waals surface area contributed by atoms with Crippen LogP contribution in [0.15, 0.2) is 24.3 Å². The molecular formula is C10H10BrFO. The number of alkyl halides is 1. The van der Waals surface area contributed by atoms with Gasteiger partial charge in [-0.15, -0.1) is 0 Å². The Hall–Kier alpha value is -0.830. The third-order valence-electron chi connectivity index (χ3n) is 1.58. The van der Waals surface area contributed by atoms with Gasteiger partial charge in [-0.05, 0) is 17.7 Å². The zero-order valence-electron chi connectivity index (χ0n) is 7.26. The second kappa shape index (κ2) is 5.02. The van der Waals surface area contributed by atoms with Crippen LogP contribution in [0.5, 0.6) is 5.75 Å². The third kappa shape index (κ3) is 2.84. The molecule has 1 rings (SSSR count). The molecule has 0 unspecified atom stereocenters. The van der Waals surface area contributed by atoms with Gasteiger partial charge in [0.2, 0.25) is 0 Å². The van der Waals surface area contributed by atoms with Crippen molar-refractivity contribution in [3.05, 3.63) is 35.7 Å². The fraction of sp³-hybridized carbons (Fsp3) is 0.200. The smallest absolute Gasteiger partial charge is 0.165 e. The highest BCUT2D eigenvalue weighted by Crippen LogP contribution is 2.18. The van der Waals surface area contributed by atoms with Crippen LogP contribution < -0.4 is 4.74 Å². The minimum Gasteiger partial charge on any atom is -0.494 e. The standard InChI is InChI=1S/C10H10BrFO/c1-13-10-5-4-8(3-2-6-11)7-9(10)12/h2-5,7H,6H2,1H3/b3-2+. The van der Waals surface area contributed by atoms with Crippen LogP contribution in [0.25, 0.3) is 6.08 Å². The molecule has 1 aromatic carbocycles. The van der Waals surface area contributed by atoms with Gasteiger partial charge < -0.3 is 4.74 Å². The molecule has 0 bridgehead atoms. The fourth-order valence-electron chi connectivity index (χ4n) is 0.967. The lowest BCUT2D eigenvalue weighted by atomic mass is 10.2. The van der Waals surface area contributed by atoms with E-state index in [1.807, 2.05) is 12.2 Å². The van der Waals surface area contributed by atoms with Gasteiger partial charge in [-0.25, -0.2) is 4.39 Å². The number of hydrogen-bond acceptors (Lipinski definition) is 1. The van der Waals surface area contributed by atoms with Crippen molar-refractivity contribution < 1.29 is 9.13 Å². The van der Waals surface area contributed by atoms with Crippen LogP contribution in [0.4, 0.5) is 4.39 Å². The quantitative estimate of drug-likeness (QED) is 0.743. The second-order valence-electron chi connectivity index (χ2n) is 2.45. The Bertz CT molecular complexity index is 310. The Morgan fingerprint density at radius 3 is 2.85 bits per heavy atom. The fourth-order valence-corrected chi connectivity index (χ4v) is 1.15. The van der Waals surface area contributed by atoms with Crippen molar-refractivity contribution in [1.82, 2.24) is 0 Å². The van der Waals surface area contributed by atoms with Crippen LogP contribution in [0.1, 0.15) is 5.56 Å². The van der Waals surface area contributed by atoms with Gasteiger partial charge in [-0.1, -0.05) is 34.1 Å². The van der Waals surface area contributed by atoms with Crippen LogP contribution in [0.2, 0.25) is 0 Å². The minimum atomic E-state index is -0.334. The number of rotatable bonds is 3. The van der Waals surface area contributed by atoms with Gasteiger partial charge in [0, 0.05) is 5.33 Å². The molecule has 0 atom stereocenters. The molecule has 0 N–H and O–H groups in total. The molecule has 0 saturated carbocycles. The first-order chi connectivity index (χ1) is 6.27. The molecule has 0 amide bonds. The van der Waals surface area contributed by atoms with Gasteiger partial charge in [0.05, 0.1) is 7.11 Å². The van der Waals surface area contributed by atoms with E-state index in [0.717, 1.165) is 10.9 Å². The van der Waals surface area contributed by atoms with E-state index < -0.39 is 0 Å². The van der Waals surface area contributed by atoms with E-state index in [1.165, 1.54) is 13.2 Å². The normalized spacial score (nSPS) is 10.7. The van der Waals surface area contributed by atoms with E-state index in [-0.39, 0.29) is 11.6 Å². The van der Waals surface area contributed by atoms with Crippen molar-refractivity contribution in [2.24, 2.45) is 0 Å². The lowest BCUT2D eigenvalue weighted by molar-refractivity contribution is 0.386. The highest BCUT2D eigenvalue weighted by molar-refractivity contribution is 9.09. The summed E-state index contributed by atoms with van der Waals surface area (Å²) < 4.78 is 17.9. The Kier molecular flexibility index (Phi) is 3.96. The summed E-state index contributed by atoms with van der Waals surface area (Å²) in [4.78, 5) is 0. The number of halogens is 2. The first kappa shape index (κ1) is 10.3. The molecule has 0 aliphatic heterocycles. The minimum absolute atomic E-state index is 0.274. The van der Waals surface area contributed by atoms with Gasteiger partial charge in [-0.3, -0.25) is 0 Å². The van der Waals surface area contributed by atoms with E-state index in [0.29, 0.717) is 0 Å². The molecule has 0 aromatic heterocycles. The number of allylic oxidation sites excluding steroid dienone is 1. The Morgan fingerprint density at radius 1 is 1.54 bits per heavy atom. The van der Waals surface area contributed by atoms with Crippen LogP contribution in [-0.4, -0.2) is 12.4 Å². The van der Waals surface area contributed by atoms with Crippen LogP contribution in [0.3, 0.4) is 0 Å². The van der Waals surface area contributed by atoms with E-state index in [1.54, 1.807) is 12.1 Å². The molecule has 0 aliphatic rings. The molecule has 1 nitrogen and oxygen atoms in total. The van der Waals surface area contributed by atoms with E-state index in [4.69, 9.17) is 4.74 Å². The molecule has 0 heterocycles. The maximum absolute atomic E-state index is 13.1. The highest BCUT2D eigenvalue weighted by Gasteiger charge is 2.00. The number of ether oxygens (including phenoxy) is 1. The van der Waals surface area contributed by atoms with Crippen LogP contribution >= 0.6 is 15.9 Å². The van der Waals surface area contributed by atoms with Crippen molar-refractivity contribution in [2.45, 2.75) is 0 Å². The Morgan fingerprint density at radius 2 is 2.31 bits per heavy atom. The first-order valence-corrected chi connectivity index (χ1v) is 4.96. The maximum Gasteiger partial charge on any atom is 0.165 e. The molecule has 1 aromatic rings. The van der Waals surface area contributed by atoms with Crippen molar-refractivity contribution in [3.63, 3.8) is 0 Å². The summed E-state index contributed by atoms with van der Waals surface area (Å²) in [7, 11) is 1.45. The van der Waals surface area contributed by atoms with Crippen molar-refractivity contribution in [1.29, 1.82) is 0 Å². The lowest BCUT2D eigenvalue weighted by Crippen LogP contribution is -1.87. The van der Waals surface area contributed by atoms with Gasteiger partial charge in [0.1, 0.15) is 0 Å². The predicted octanol–water partition coefficient (Wildman–Crippen LogP) is 3.24. The first-order valence-electron chi connectivity index (χ1n) is 3.84. The third-order valence-corrected chi connectivity index (χ3v) is 1.95. The lowest BCUT2D eigenvalue weighted by Gasteiger charge is -2.01. The number of methoxy groups -OCH3 is 1. The Balaban J connectivity index is 2.89. The summed E-state index contributed by atoms with van der Waals surface area (Å²) in [6, 6.07) is 4.86. The zero-order valence-corrected chi connectivity index (χ0v) is 8.84. The average molecular weight is 245 g/mol. The summed E-state index contributed by atoms with van der Waals surface area (Å²) >= 11 is 3.25. The second-order valence-corrected chi connectivity index (χ2v) is 3.10. The number of hydrogen-bond donors (Lipinski definition) is 0. The predicted molar refractivity (Wildman–Crippen MR) is 55.8 cm³/mol. The molecule has 0 spiro atoms. The van der Waals surface area contributed by atoms with E-state index in [9.17, 15) is 4.39 Å². The summed E-state index contributed by atoms with van der Waals surface area (Å²) in [5.74, 6) is -0.0600. The summed E-state index contributed by atoms with van der Waals surface area (Å²) in [5.41, 5.74) is 0.831. The monoisotopic (exact) mass is 244 g/mol. The summed E-state index contributed by atoms with van der Waals surface area (Å²) in [6.07, 6.45) is 3.75. The van der Waals surface area contributed by atoms with Gasteiger partial charge in [0.25, 0.3) is 0 Å². The van der Waals surface area contributed by atoms with Crippen LogP contribution in [0, 0.1) is 5.82 Å². The molecule has 0 aliphatic carbocycles. The van der Waals surface area contributed by atoms with Crippen molar-refractivity contribution in [2.75, 3.05) is 12.4 Å².